The van der Waals surface area contributed by atoms with E-state index in [0.717, 1.165) is 12.0 Å². The molecule has 1 heterocycles. The summed E-state index contributed by atoms with van der Waals surface area (Å²) in [5.74, 6) is -0.138. The monoisotopic (exact) mass is 154 g/mol. The van der Waals surface area contributed by atoms with Gasteiger partial charge in [-0.05, 0) is 12.0 Å². The quantitative estimate of drug-likeness (QED) is 0.405. The second kappa shape index (κ2) is 2.34. The summed E-state index contributed by atoms with van der Waals surface area (Å²) in [6, 6.07) is 0. The standard InChI is InChI=1S/C8H10O3/c9-6-3-5-1-2-8(10)11-7(5)4-6/h3,6-7,9H,1-2,4H2. The van der Waals surface area contributed by atoms with Crippen LogP contribution in [0.15, 0.2) is 11.6 Å². The van der Waals surface area contributed by atoms with Gasteiger partial charge in [0.15, 0.2) is 0 Å². The Labute approximate surface area is 64.7 Å². The number of carbonyl (C=O) groups excluding carboxylic acids is 1. The summed E-state index contributed by atoms with van der Waals surface area (Å²) < 4.78 is 5.01. The Morgan fingerprint density at radius 3 is 3.18 bits per heavy atom. The zero-order valence-corrected chi connectivity index (χ0v) is 6.12. The molecule has 2 atom stereocenters. The number of fused-ring (bicyclic) bond motifs is 1. The van der Waals surface area contributed by atoms with E-state index in [9.17, 15) is 9.90 Å². The molecule has 0 aromatic rings. The molecule has 1 N–H and O–H groups in total. The molecule has 1 fully saturated rings. The third-order valence-electron chi connectivity index (χ3n) is 2.17. The number of rotatable bonds is 0. The number of carbonyl (C=O) groups is 1. The van der Waals surface area contributed by atoms with Crippen molar-refractivity contribution in [1.29, 1.82) is 0 Å². The molecule has 3 nitrogen and oxygen atoms in total. The van der Waals surface area contributed by atoms with E-state index in [4.69, 9.17) is 4.74 Å². The maximum Gasteiger partial charge on any atom is 0.306 e. The van der Waals surface area contributed by atoms with Crippen LogP contribution in [0.1, 0.15) is 19.3 Å². The van der Waals surface area contributed by atoms with Crippen molar-refractivity contribution in [2.24, 2.45) is 0 Å². The topological polar surface area (TPSA) is 46.5 Å². The molecule has 0 bridgehead atoms. The van der Waals surface area contributed by atoms with Gasteiger partial charge in [0.05, 0.1) is 6.10 Å². The normalized spacial score (nSPS) is 36.1. The molecule has 2 aliphatic rings. The summed E-state index contributed by atoms with van der Waals surface area (Å²) in [6.07, 6.45) is 3.07. The van der Waals surface area contributed by atoms with E-state index in [1.54, 1.807) is 6.08 Å². The molecule has 2 rings (SSSR count). The van der Waals surface area contributed by atoms with E-state index in [0.29, 0.717) is 12.8 Å². The summed E-state index contributed by atoms with van der Waals surface area (Å²) in [7, 11) is 0. The Morgan fingerprint density at radius 2 is 2.36 bits per heavy atom. The highest BCUT2D eigenvalue weighted by Crippen LogP contribution is 2.30. The van der Waals surface area contributed by atoms with Gasteiger partial charge in [-0.3, -0.25) is 4.79 Å². The first-order valence-electron chi connectivity index (χ1n) is 3.84. The number of aliphatic hydroxyl groups is 1. The van der Waals surface area contributed by atoms with Gasteiger partial charge >= 0.3 is 5.97 Å². The van der Waals surface area contributed by atoms with E-state index in [2.05, 4.69) is 0 Å². The summed E-state index contributed by atoms with van der Waals surface area (Å²) in [6.45, 7) is 0. The zero-order valence-electron chi connectivity index (χ0n) is 6.12. The molecule has 1 saturated heterocycles. The van der Waals surface area contributed by atoms with Crippen LogP contribution in [-0.4, -0.2) is 23.3 Å². The van der Waals surface area contributed by atoms with Crippen molar-refractivity contribution in [2.45, 2.75) is 31.5 Å². The first-order valence-corrected chi connectivity index (χ1v) is 3.84. The lowest BCUT2D eigenvalue weighted by Crippen LogP contribution is -2.24. The summed E-state index contributed by atoms with van der Waals surface area (Å²) in [4.78, 5) is 10.8. The van der Waals surface area contributed by atoms with Crippen LogP contribution in [0.2, 0.25) is 0 Å². The minimum Gasteiger partial charge on any atom is -0.458 e. The second-order valence-corrected chi connectivity index (χ2v) is 3.02. The highest BCUT2D eigenvalue weighted by atomic mass is 16.5. The van der Waals surface area contributed by atoms with Gasteiger partial charge in [-0.1, -0.05) is 6.08 Å². The van der Waals surface area contributed by atoms with Crippen LogP contribution < -0.4 is 0 Å². The number of ether oxygens (including phenoxy) is 1. The minimum absolute atomic E-state index is 0.119. The summed E-state index contributed by atoms with van der Waals surface area (Å²) >= 11 is 0. The average Bonchev–Trinajstić information content (AvgIpc) is 2.27. The van der Waals surface area contributed by atoms with Gasteiger partial charge in [-0.2, -0.15) is 0 Å². The fourth-order valence-corrected chi connectivity index (χ4v) is 1.63. The molecule has 0 aromatic carbocycles. The van der Waals surface area contributed by atoms with Gasteiger partial charge in [-0.15, -0.1) is 0 Å². The summed E-state index contributed by atoms with van der Waals surface area (Å²) in [5, 5.41) is 9.18. The van der Waals surface area contributed by atoms with E-state index in [1.807, 2.05) is 0 Å². The van der Waals surface area contributed by atoms with Gasteiger partial charge in [0.25, 0.3) is 0 Å². The minimum atomic E-state index is -0.402. The number of esters is 1. The van der Waals surface area contributed by atoms with Crippen LogP contribution in [0.3, 0.4) is 0 Å². The lowest BCUT2D eigenvalue weighted by molar-refractivity contribution is -0.150. The maximum absolute atomic E-state index is 10.8. The molecule has 3 heteroatoms. The Morgan fingerprint density at radius 1 is 1.55 bits per heavy atom. The molecule has 0 aromatic heterocycles. The van der Waals surface area contributed by atoms with Gasteiger partial charge in [0.2, 0.25) is 0 Å². The Balaban J connectivity index is 2.13. The fourth-order valence-electron chi connectivity index (χ4n) is 1.63. The van der Waals surface area contributed by atoms with E-state index in [-0.39, 0.29) is 12.1 Å². The molecule has 0 spiro atoms. The smallest absolute Gasteiger partial charge is 0.306 e. The highest BCUT2D eigenvalue weighted by Gasteiger charge is 2.31. The Bertz CT molecular complexity index is 219. The van der Waals surface area contributed by atoms with Crippen molar-refractivity contribution in [3.05, 3.63) is 11.6 Å². The molecule has 0 saturated carbocycles. The first-order chi connectivity index (χ1) is 5.25. The van der Waals surface area contributed by atoms with Gasteiger partial charge in [0, 0.05) is 12.8 Å². The van der Waals surface area contributed by atoms with Gasteiger partial charge in [0.1, 0.15) is 6.10 Å². The predicted molar refractivity (Wildman–Crippen MR) is 37.8 cm³/mol. The zero-order chi connectivity index (χ0) is 7.84. The second-order valence-electron chi connectivity index (χ2n) is 3.02. The van der Waals surface area contributed by atoms with Crippen molar-refractivity contribution in [2.75, 3.05) is 0 Å². The molecule has 11 heavy (non-hydrogen) atoms. The van der Waals surface area contributed by atoms with Crippen molar-refractivity contribution < 1.29 is 14.6 Å². The summed E-state index contributed by atoms with van der Waals surface area (Å²) in [5.41, 5.74) is 1.09. The van der Waals surface area contributed by atoms with Crippen LogP contribution in [0.4, 0.5) is 0 Å². The van der Waals surface area contributed by atoms with Crippen LogP contribution in [0.5, 0.6) is 0 Å². The fraction of sp³-hybridized carbons (Fsp3) is 0.625. The third kappa shape index (κ3) is 1.16. The molecule has 1 aliphatic heterocycles. The van der Waals surface area contributed by atoms with Gasteiger partial charge < -0.3 is 9.84 Å². The molecule has 0 amide bonds. The molecular formula is C8H10O3. The van der Waals surface area contributed by atoms with Crippen LogP contribution in [-0.2, 0) is 9.53 Å². The predicted octanol–water partition coefficient (Wildman–Crippen LogP) is 0.383. The van der Waals surface area contributed by atoms with Crippen LogP contribution >= 0.6 is 0 Å². The van der Waals surface area contributed by atoms with E-state index < -0.39 is 6.10 Å². The lowest BCUT2D eigenvalue weighted by Gasteiger charge is -2.20. The number of hydrogen-bond donors (Lipinski definition) is 1. The average molecular weight is 154 g/mol. The first kappa shape index (κ1) is 6.85. The van der Waals surface area contributed by atoms with E-state index in [1.165, 1.54) is 0 Å². The van der Waals surface area contributed by atoms with Crippen LogP contribution in [0, 0.1) is 0 Å². The molecule has 60 valence electrons. The SMILES string of the molecule is O=C1CCC2=CC(O)CC2O1. The Hall–Kier alpha value is -0.830. The molecule has 2 unspecified atom stereocenters. The van der Waals surface area contributed by atoms with Gasteiger partial charge in [-0.25, -0.2) is 0 Å². The molecule has 0 radical (unpaired) electrons. The number of hydrogen-bond acceptors (Lipinski definition) is 3. The molecular weight excluding hydrogens is 144 g/mol. The molecule has 1 aliphatic carbocycles. The van der Waals surface area contributed by atoms with Crippen molar-refractivity contribution in [3.63, 3.8) is 0 Å². The Kier molecular flexibility index (Phi) is 1.46. The van der Waals surface area contributed by atoms with Crippen LogP contribution in [0.25, 0.3) is 0 Å². The van der Waals surface area contributed by atoms with Crippen molar-refractivity contribution in [3.8, 4) is 0 Å². The largest absolute Gasteiger partial charge is 0.458 e. The van der Waals surface area contributed by atoms with Crippen molar-refractivity contribution >= 4 is 5.97 Å². The maximum atomic E-state index is 10.8. The van der Waals surface area contributed by atoms with Crippen molar-refractivity contribution in [1.82, 2.24) is 0 Å². The lowest BCUT2D eigenvalue weighted by atomic mass is 10.0. The third-order valence-corrected chi connectivity index (χ3v) is 2.17. The van der Waals surface area contributed by atoms with E-state index >= 15 is 0 Å². The number of aliphatic hydroxyl groups excluding tert-OH is 1. The highest BCUT2D eigenvalue weighted by molar-refractivity contribution is 5.71.